The zero-order valence-corrected chi connectivity index (χ0v) is 12.0. The van der Waals surface area contributed by atoms with Crippen LogP contribution in [0.5, 0.6) is 0 Å². The van der Waals surface area contributed by atoms with Crippen molar-refractivity contribution in [2.45, 2.75) is 13.0 Å². The number of nitriles is 1. The van der Waals surface area contributed by atoms with E-state index in [-0.39, 0.29) is 11.9 Å². The van der Waals surface area contributed by atoms with Gasteiger partial charge in [0.25, 0.3) is 0 Å². The lowest BCUT2D eigenvalue weighted by Gasteiger charge is -2.28. The lowest BCUT2D eigenvalue weighted by atomic mass is 10.0. The molecule has 2 rings (SSSR count). The van der Waals surface area contributed by atoms with Crippen molar-refractivity contribution in [3.05, 3.63) is 64.4 Å². The summed E-state index contributed by atoms with van der Waals surface area (Å²) in [6.45, 7) is 1.89. The van der Waals surface area contributed by atoms with Crippen LogP contribution in [-0.4, -0.2) is 7.05 Å². The first-order valence-corrected chi connectivity index (χ1v) is 6.60. The van der Waals surface area contributed by atoms with E-state index in [4.69, 9.17) is 11.6 Å². The maximum atomic E-state index is 13.9. The summed E-state index contributed by atoms with van der Waals surface area (Å²) in [5.41, 5.74) is 1.68. The zero-order chi connectivity index (χ0) is 14.7. The van der Waals surface area contributed by atoms with Crippen LogP contribution in [0.15, 0.2) is 42.5 Å². The molecule has 0 spiro atoms. The predicted molar refractivity (Wildman–Crippen MR) is 79.4 cm³/mol. The van der Waals surface area contributed by atoms with E-state index in [0.29, 0.717) is 21.8 Å². The molecule has 0 aliphatic rings. The van der Waals surface area contributed by atoms with E-state index in [9.17, 15) is 9.65 Å². The lowest BCUT2D eigenvalue weighted by molar-refractivity contribution is 0.585. The molecule has 0 heterocycles. The van der Waals surface area contributed by atoms with Gasteiger partial charge in [-0.3, -0.25) is 0 Å². The molecule has 0 aliphatic heterocycles. The molecule has 0 saturated heterocycles. The van der Waals surface area contributed by atoms with E-state index >= 15 is 0 Å². The van der Waals surface area contributed by atoms with Crippen LogP contribution in [0.25, 0.3) is 0 Å². The zero-order valence-electron chi connectivity index (χ0n) is 11.3. The summed E-state index contributed by atoms with van der Waals surface area (Å²) in [6.07, 6.45) is 0. The molecular weight excluding hydrogens is 275 g/mol. The van der Waals surface area contributed by atoms with Crippen LogP contribution in [0.4, 0.5) is 10.1 Å². The minimum absolute atomic E-state index is 0.207. The Bertz CT molecular complexity index is 664. The molecule has 0 amide bonds. The van der Waals surface area contributed by atoms with Crippen molar-refractivity contribution in [1.29, 1.82) is 5.26 Å². The quantitative estimate of drug-likeness (QED) is 0.828. The van der Waals surface area contributed by atoms with Gasteiger partial charge in [0.1, 0.15) is 11.9 Å². The van der Waals surface area contributed by atoms with E-state index in [0.717, 1.165) is 0 Å². The number of benzene rings is 2. The van der Waals surface area contributed by atoms with Crippen LogP contribution in [0.3, 0.4) is 0 Å². The van der Waals surface area contributed by atoms with Crippen molar-refractivity contribution in [3.63, 3.8) is 0 Å². The van der Waals surface area contributed by atoms with Crippen LogP contribution >= 0.6 is 11.6 Å². The first kappa shape index (κ1) is 14.4. The van der Waals surface area contributed by atoms with Gasteiger partial charge in [0.05, 0.1) is 22.3 Å². The fourth-order valence-corrected chi connectivity index (χ4v) is 2.36. The molecule has 4 heteroatoms. The third-order valence-corrected chi connectivity index (χ3v) is 3.73. The summed E-state index contributed by atoms with van der Waals surface area (Å²) in [7, 11) is 1.82. The van der Waals surface area contributed by atoms with Crippen molar-refractivity contribution in [1.82, 2.24) is 0 Å². The highest BCUT2D eigenvalue weighted by atomic mass is 35.5. The fraction of sp³-hybridized carbons (Fsp3) is 0.188. The Labute approximate surface area is 123 Å². The molecule has 2 nitrogen and oxygen atoms in total. The summed E-state index contributed by atoms with van der Waals surface area (Å²) in [6, 6.07) is 13.8. The third kappa shape index (κ3) is 2.61. The molecule has 0 saturated carbocycles. The third-order valence-electron chi connectivity index (χ3n) is 3.42. The second kappa shape index (κ2) is 5.94. The predicted octanol–water partition coefficient (Wildman–Crippen LogP) is 4.55. The molecule has 0 N–H and O–H groups in total. The standard InChI is InChI=1S/C16H14ClFN2/c1-11(12-6-3-4-8-15(12)18)20(2)16-9-5-7-14(17)13(16)10-19/h3-9,11H,1-2H3. The molecular formula is C16H14ClFN2. The second-order valence-electron chi connectivity index (χ2n) is 4.55. The molecule has 102 valence electrons. The number of anilines is 1. The Morgan fingerprint density at radius 3 is 2.55 bits per heavy atom. The average Bonchev–Trinajstić information content (AvgIpc) is 2.46. The van der Waals surface area contributed by atoms with Crippen molar-refractivity contribution < 1.29 is 4.39 Å². The van der Waals surface area contributed by atoms with Gasteiger partial charge in [0.2, 0.25) is 0 Å². The highest BCUT2D eigenvalue weighted by Gasteiger charge is 2.19. The molecule has 0 bridgehead atoms. The summed E-state index contributed by atoms with van der Waals surface area (Å²) in [5, 5.41) is 9.62. The average molecular weight is 289 g/mol. The van der Waals surface area contributed by atoms with Crippen LogP contribution < -0.4 is 4.90 Å². The molecule has 0 fully saturated rings. The summed E-state index contributed by atoms with van der Waals surface area (Å²) >= 11 is 6.03. The van der Waals surface area contributed by atoms with Gasteiger partial charge in [-0.1, -0.05) is 35.9 Å². The highest BCUT2D eigenvalue weighted by molar-refractivity contribution is 6.32. The Hall–Kier alpha value is -2.05. The molecule has 2 aromatic rings. The number of hydrogen-bond donors (Lipinski definition) is 0. The van der Waals surface area contributed by atoms with E-state index in [2.05, 4.69) is 6.07 Å². The van der Waals surface area contributed by atoms with Crippen LogP contribution in [0.2, 0.25) is 5.02 Å². The van der Waals surface area contributed by atoms with Crippen LogP contribution in [0, 0.1) is 17.1 Å². The largest absolute Gasteiger partial charge is 0.367 e. The van der Waals surface area contributed by atoms with Crippen LogP contribution in [-0.2, 0) is 0 Å². The molecule has 20 heavy (non-hydrogen) atoms. The van der Waals surface area contributed by atoms with E-state index in [1.807, 2.05) is 24.9 Å². The van der Waals surface area contributed by atoms with Gasteiger partial charge in [-0.15, -0.1) is 0 Å². The van der Waals surface area contributed by atoms with Gasteiger partial charge in [-0.05, 0) is 25.1 Å². The van der Waals surface area contributed by atoms with Crippen molar-refractivity contribution in [3.8, 4) is 6.07 Å². The van der Waals surface area contributed by atoms with Crippen molar-refractivity contribution in [2.75, 3.05) is 11.9 Å². The smallest absolute Gasteiger partial charge is 0.128 e. The molecule has 0 radical (unpaired) electrons. The Morgan fingerprint density at radius 1 is 1.20 bits per heavy atom. The highest BCUT2D eigenvalue weighted by Crippen LogP contribution is 2.32. The molecule has 0 aromatic heterocycles. The molecule has 2 aromatic carbocycles. The van der Waals surface area contributed by atoms with E-state index < -0.39 is 0 Å². The van der Waals surface area contributed by atoms with Gasteiger partial charge in [-0.25, -0.2) is 4.39 Å². The second-order valence-corrected chi connectivity index (χ2v) is 4.96. The number of hydrogen-bond acceptors (Lipinski definition) is 2. The fourth-order valence-electron chi connectivity index (χ4n) is 2.15. The van der Waals surface area contributed by atoms with Crippen molar-refractivity contribution >= 4 is 17.3 Å². The Kier molecular flexibility index (Phi) is 4.26. The van der Waals surface area contributed by atoms with Crippen molar-refractivity contribution in [2.24, 2.45) is 0 Å². The Balaban J connectivity index is 2.42. The maximum Gasteiger partial charge on any atom is 0.128 e. The Morgan fingerprint density at radius 2 is 1.90 bits per heavy atom. The number of halogens is 2. The number of nitrogens with zero attached hydrogens (tertiary/aromatic N) is 2. The van der Waals surface area contributed by atoms with Gasteiger partial charge in [0.15, 0.2) is 0 Å². The van der Waals surface area contributed by atoms with E-state index in [1.165, 1.54) is 6.07 Å². The minimum Gasteiger partial charge on any atom is -0.367 e. The van der Waals surface area contributed by atoms with E-state index in [1.54, 1.807) is 30.3 Å². The van der Waals surface area contributed by atoms with Gasteiger partial charge < -0.3 is 4.90 Å². The summed E-state index contributed by atoms with van der Waals surface area (Å²) < 4.78 is 13.9. The van der Waals surface area contributed by atoms with Gasteiger partial charge in [0, 0.05) is 12.6 Å². The number of rotatable bonds is 3. The molecule has 0 aliphatic carbocycles. The summed E-state index contributed by atoms with van der Waals surface area (Å²) in [5.74, 6) is -0.257. The monoisotopic (exact) mass is 288 g/mol. The van der Waals surface area contributed by atoms with Crippen LogP contribution in [0.1, 0.15) is 24.1 Å². The lowest BCUT2D eigenvalue weighted by Crippen LogP contribution is -2.23. The maximum absolute atomic E-state index is 13.9. The molecule has 1 unspecified atom stereocenters. The first-order chi connectivity index (χ1) is 9.56. The normalized spacial score (nSPS) is 11.8. The first-order valence-electron chi connectivity index (χ1n) is 6.22. The topological polar surface area (TPSA) is 27.0 Å². The minimum atomic E-state index is -0.257. The van der Waals surface area contributed by atoms with Gasteiger partial charge in [-0.2, -0.15) is 5.26 Å². The molecule has 1 atom stereocenters. The van der Waals surface area contributed by atoms with Gasteiger partial charge >= 0.3 is 0 Å². The summed E-state index contributed by atoms with van der Waals surface area (Å²) in [4.78, 5) is 1.85. The SMILES string of the molecule is CC(c1ccccc1F)N(C)c1cccc(Cl)c1C#N.